The monoisotopic (exact) mass is 537 g/mol. The number of aliphatic hydroxyl groups is 1. The molecule has 1 saturated heterocycles. The Balaban J connectivity index is 1.85. The van der Waals surface area contributed by atoms with Crippen molar-refractivity contribution in [2.45, 2.75) is 26.4 Å². The Labute approximate surface area is 226 Å². The third-order valence-electron chi connectivity index (χ3n) is 6.16. The second-order valence-electron chi connectivity index (χ2n) is 9.19. The van der Waals surface area contributed by atoms with Crippen LogP contribution in [-0.2, 0) is 16.1 Å². The number of hydrogen-bond donors (Lipinski definition) is 1. The summed E-state index contributed by atoms with van der Waals surface area (Å²) in [5, 5.41) is 13.3. The molecule has 1 amide bonds. The molecule has 1 atom stereocenters. The predicted octanol–water partition coefficient (Wildman–Crippen LogP) is 5.43. The number of nitrogens with zero attached hydrogens (tertiary/aromatic N) is 1. The molecular formula is C29H31NO7S. The zero-order chi connectivity index (χ0) is 27.4. The first-order chi connectivity index (χ1) is 18.3. The van der Waals surface area contributed by atoms with Crippen LogP contribution >= 0.6 is 11.3 Å². The highest BCUT2D eigenvalue weighted by atomic mass is 32.1. The van der Waals surface area contributed by atoms with Gasteiger partial charge in [-0.3, -0.25) is 9.59 Å². The van der Waals surface area contributed by atoms with Gasteiger partial charge in [0.05, 0.1) is 46.1 Å². The van der Waals surface area contributed by atoms with E-state index in [1.807, 2.05) is 17.5 Å². The van der Waals surface area contributed by atoms with Crippen LogP contribution in [0.1, 0.15) is 35.9 Å². The quantitative estimate of drug-likeness (QED) is 0.209. The molecule has 3 aromatic rings. The third kappa shape index (κ3) is 5.33. The molecular weight excluding hydrogens is 506 g/mol. The molecule has 8 nitrogen and oxygen atoms in total. The first-order valence-corrected chi connectivity index (χ1v) is 13.0. The van der Waals surface area contributed by atoms with E-state index in [4.69, 9.17) is 18.9 Å². The van der Waals surface area contributed by atoms with Gasteiger partial charge in [-0.1, -0.05) is 19.9 Å². The Bertz CT molecular complexity index is 1300. The Hall–Kier alpha value is -3.98. The highest BCUT2D eigenvalue weighted by molar-refractivity contribution is 7.09. The van der Waals surface area contributed by atoms with E-state index in [0.717, 1.165) is 4.88 Å². The average Bonchev–Trinajstić information content (AvgIpc) is 3.53. The van der Waals surface area contributed by atoms with Gasteiger partial charge in [-0.25, -0.2) is 0 Å². The zero-order valence-corrected chi connectivity index (χ0v) is 22.8. The fourth-order valence-corrected chi connectivity index (χ4v) is 5.05. The number of carbonyl (C=O) groups excluding carboxylic acids is 2. The van der Waals surface area contributed by atoms with Gasteiger partial charge in [0, 0.05) is 10.4 Å². The number of ether oxygens (including phenoxy) is 4. The summed E-state index contributed by atoms with van der Waals surface area (Å²) >= 11 is 1.48. The summed E-state index contributed by atoms with van der Waals surface area (Å²) in [6, 6.07) is 13.1. The van der Waals surface area contributed by atoms with Crippen LogP contribution in [0.2, 0.25) is 0 Å². The van der Waals surface area contributed by atoms with Crippen molar-refractivity contribution in [1.82, 2.24) is 4.90 Å². The number of ketones is 1. The lowest BCUT2D eigenvalue weighted by atomic mass is 9.94. The van der Waals surface area contributed by atoms with Crippen molar-refractivity contribution in [2.75, 3.05) is 27.9 Å². The summed E-state index contributed by atoms with van der Waals surface area (Å²) in [6.45, 7) is 4.86. The van der Waals surface area contributed by atoms with Crippen LogP contribution in [0.25, 0.3) is 5.76 Å². The van der Waals surface area contributed by atoms with E-state index in [-0.39, 0.29) is 17.9 Å². The summed E-state index contributed by atoms with van der Waals surface area (Å²) in [7, 11) is 4.48. The van der Waals surface area contributed by atoms with Crippen molar-refractivity contribution >= 4 is 28.8 Å². The lowest BCUT2D eigenvalue weighted by Gasteiger charge is -2.26. The molecule has 0 saturated carbocycles. The SMILES string of the molecule is COc1cc(C2/C(=C(\O)c3ccc(OCC(C)C)cc3)C(=O)C(=O)N2Cc2cccs2)cc(OC)c1OC. The second kappa shape index (κ2) is 11.6. The molecule has 200 valence electrons. The largest absolute Gasteiger partial charge is 0.507 e. The normalized spacial score (nSPS) is 16.7. The first-order valence-electron chi connectivity index (χ1n) is 12.1. The van der Waals surface area contributed by atoms with Gasteiger partial charge in [0.2, 0.25) is 5.75 Å². The molecule has 2 aromatic carbocycles. The molecule has 4 rings (SSSR count). The summed E-state index contributed by atoms with van der Waals surface area (Å²) in [5.74, 6) is 0.395. The maximum atomic E-state index is 13.4. The summed E-state index contributed by atoms with van der Waals surface area (Å²) in [6.07, 6.45) is 0. The van der Waals surface area contributed by atoms with Crippen molar-refractivity contribution in [3.8, 4) is 23.0 Å². The lowest BCUT2D eigenvalue weighted by Crippen LogP contribution is -2.29. The van der Waals surface area contributed by atoms with Crippen LogP contribution in [0.15, 0.2) is 59.5 Å². The number of carbonyl (C=O) groups is 2. The number of amides is 1. The van der Waals surface area contributed by atoms with Gasteiger partial charge in [0.1, 0.15) is 11.5 Å². The maximum Gasteiger partial charge on any atom is 0.295 e. The van der Waals surface area contributed by atoms with Crippen LogP contribution in [0.5, 0.6) is 23.0 Å². The van der Waals surface area contributed by atoms with Crippen molar-refractivity contribution in [1.29, 1.82) is 0 Å². The van der Waals surface area contributed by atoms with Gasteiger partial charge >= 0.3 is 0 Å². The fraction of sp³-hybridized carbons (Fsp3) is 0.310. The Morgan fingerprint density at radius 2 is 1.66 bits per heavy atom. The Morgan fingerprint density at radius 1 is 1.00 bits per heavy atom. The molecule has 1 aliphatic heterocycles. The van der Waals surface area contributed by atoms with Crippen LogP contribution < -0.4 is 18.9 Å². The minimum absolute atomic E-state index is 0.0170. The van der Waals surface area contributed by atoms with E-state index < -0.39 is 17.7 Å². The minimum Gasteiger partial charge on any atom is -0.507 e. The summed E-state index contributed by atoms with van der Waals surface area (Å²) in [4.78, 5) is 29.1. The number of hydrogen-bond acceptors (Lipinski definition) is 8. The minimum atomic E-state index is -0.886. The van der Waals surface area contributed by atoms with Gasteiger partial charge in [-0.2, -0.15) is 0 Å². The van der Waals surface area contributed by atoms with Gasteiger partial charge < -0.3 is 29.0 Å². The third-order valence-corrected chi connectivity index (χ3v) is 7.02. The molecule has 1 fully saturated rings. The molecule has 9 heteroatoms. The highest BCUT2D eigenvalue weighted by Gasteiger charge is 2.46. The number of rotatable bonds is 10. The van der Waals surface area contributed by atoms with E-state index >= 15 is 0 Å². The topological polar surface area (TPSA) is 94.5 Å². The zero-order valence-electron chi connectivity index (χ0n) is 22.0. The maximum absolute atomic E-state index is 13.4. The number of benzene rings is 2. The van der Waals surface area contributed by atoms with E-state index in [1.54, 1.807) is 36.4 Å². The van der Waals surface area contributed by atoms with Gasteiger partial charge in [-0.15, -0.1) is 11.3 Å². The molecule has 1 N–H and O–H groups in total. The van der Waals surface area contributed by atoms with E-state index in [2.05, 4.69) is 13.8 Å². The van der Waals surface area contributed by atoms with E-state index in [9.17, 15) is 14.7 Å². The van der Waals surface area contributed by atoms with Crippen LogP contribution in [0, 0.1) is 5.92 Å². The standard InChI is InChI=1S/C29H31NO7S/c1-17(2)16-37-20-10-8-18(9-11-20)26(31)24-25(19-13-22(34-3)28(36-5)23(14-19)35-4)30(29(33)27(24)32)15-21-7-6-12-38-21/h6-14,17,25,31H,15-16H2,1-5H3/b26-24+. The number of aliphatic hydroxyl groups excluding tert-OH is 1. The molecule has 1 aromatic heterocycles. The number of likely N-dealkylation sites (tertiary alicyclic amines) is 1. The smallest absolute Gasteiger partial charge is 0.295 e. The molecule has 38 heavy (non-hydrogen) atoms. The van der Waals surface area contributed by atoms with Gasteiger partial charge in [0.25, 0.3) is 11.7 Å². The average molecular weight is 538 g/mol. The van der Waals surface area contributed by atoms with E-state index in [0.29, 0.717) is 46.6 Å². The first kappa shape index (κ1) is 27.1. The Morgan fingerprint density at radius 3 is 2.18 bits per heavy atom. The molecule has 0 aliphatic carbocycles. The summed E-state index contributed by atoms with van der Waals surface area (Å²) < 4.78 is 22.2. The van der Waals surface area contributed by atoms with E-state index in [1.165, 1.54) is 37.6 Å². The second-order valence-corrected chi connectivity index (χ2v) is 10.2. The predicted molar refractivity (Wildman–Crippen MR) is 145 cm³/mol. The number of methoxy groups -OCH3 is 3. The molecule has 2 heterocycles. The molecule has 0 spiro atoms. The van der Waals surface area contributed by atoms with Crippen molar-refractivity contribution in [3.05, 3.63) is 75.5 Å². The lowest BCUT2D eigenvalue weighted by molar-refractivity contribution is -0.140. The Kier molecular flexibility index (Phi) is 8.26. The van der Waals surface area contributed by atoms with Crippen LogP contribution in [-0.4, -0.2) is 49.6 Å². The molecule has 1 unspecified atom stereocenters. The van der Waals surface area contributed by atoms with Crippen LogP contribution in [0.3, 0.4) is 0 Å². The molecule has 0 radical (unpaired) electrons. The van der Waals surface area contributed by atoms with Crippen molar-refractivity contribution < 1.29 is 33.6 Å². The number of Topliss-reactive ketones (excluding diaryl/α,β-unsaturated/α-hetero) is 1. The van der Waals surface area contributed by atoms with Crippen LogP contribution in [0.4, 0.5) is 0 Å². The van der Waals surface area contributed by atoms with Gasteiger partial charge in [0.15, 0.2) is 11.5 Å². The highest BCUT2D eigenvalue weighted by Crippen LogP contribution is 2.46. The van der Waals surface area contributed by atoms with Gasteiger partial charge in [-0.05, 0) is 59.3 Å². The fourth-order valence-electron chi connectivity index (χ4n) is 4.35. The summed E-state index contributed by atoms with van der Waals surface area (Å²) in [5.41, 5.74) is 0.916. The molecule has 1 aliphatic rings. The molecule has 0 bridgehead atoms. The van der Waals surface area contributed by atoms with Crippen molar-refractivity contribution in [2.24, 2.45) is 5.92 Å². The number of thiophene rings is 1. The van der Waals surface area contributed by atoms with Crippen molar-refractivity contribution in [3.63, 3.8) is 0 Å².